The first kappa shape index (κ1) is 24.0. The number of anilines is 1. The summed E-state index contributed by atoms with van der Waals surface area (Å²) in [7, 11) is 1.42. The fraction of sp³-hybridized carbons (Fsp3) is 0.115. The van der Waals surface area contributed by atoms with Gasteiger partial charge in [0.25, 0.3) is 0 Å². The summed E-state index contributed by atoms with van der Waals surface area (Å²) in [5, 5.41) is 24.4. The summed E-state index contributed by atoms with van der Waals surface area (Å²) in [5.74, 6) is 0.331. The quantitative estimate of drug-likeness (QED) is 0.233. The number of ether oxygens (including phenoxy) is 3. The molecule has 4 rings (SSSR count). The van der Waals surface area contributed by atoms with Gasteiger partial charge < -0.3 is 19.5 Å². The Morgan fingerprint density at radius 3 is 2.50 bits per heavy atom. The van der Waals surface area contributed by atoms with Gasteiger partial charge in [-0.1, -0.05) is 42.5 Å². The second-order valence-corrected chi connectivity index (χ2v) is 7.60. The SMILES string of the molecule is COc1ccc(C#N)cc1Oc1nc(Oc2cccc(C)c2)nc(NCc2ccccc2)c1[N+](=O)[O-]. The van der Waals surface area contributed by atoms with Crippen LogP contribution in [0.25, 0.3) is 0 Å². The molecule has 0 amide bonds. The number of nitrogens with one attached hydrogen (secondary N) is 1. The lowest BCUT2D eigenvalue weighted by Crippen LogP contribution is -2.09. The zero-order valence-corrected chi connectivity index (χ0v) is 19.5. The Morgan fingerprint density at radius 2 is 1.81 bits per heavy atom. The van der Waals surface area contributed by atoms with E-state index in [1.54, 1.807) is 24.3 Å². The first-order valence-corrected chi connectivity index (χ1v) is 10.8. The van der Waals surface area contributed by atoms with Crippen LogP contribution in [0.4, 0.5) is 11.5 Å². The molecule has 0 saturated heterocycles. The predicted octanol–water partition coefficient (Wildman–Crippen LogP) is 5.77. The van der Waals surface area contributed by atoms with Gasteiger partial charge in [-0.05, 0) is 42.3 Å². The molecule has 3 aromatic carbocycles. The summed E-state index contributed by atoms with van der Waals surface area (Å²) in [6, 6.07) is 22.9. The number of aromatic nitrogens is 2. The van der Waals surface area contributed by atoms with Gasteiger partial charge in [0.15, 0.2) is 11.5 Å². The molecular formula is C26H21N5O5. The molecule has 0 aliphatic heterocycles. The van der Waals surface area contributed by atoms with E-state index in [2.05, 4.69) is 15.3 Å². The average molecular weight is 483 g/mol. The highest BCUT2D eigenvalue weighted by molar-refractivity contribution is 5.64. The summed E-state index contributed by atoms with van der Waals surface area (Å²) in [4.78, 5) is 19.9. The highest BCUT2D eigenvalue weighted by atomic mass is 16.6. The van der Waals surface area contributed by atoms with Gasteiger partial charge in [0.05, 0.1) is 23.7 Å². The van der Waals surface area contributed by atoms with Gasteiger partial charge in [0.2, 0.25) is 5.82 Å². The van der Waals surface area contributed by atoms with Crippen LogP contribution in [0.5, 0.6) is 29.1 Å². The lowest BCUT2D eigenvalue weighted by Gasteiger charge is -2.14. The smallest absolute Gasteiger partial charge is 0.373 e. The Balaban J connectivity index is 1.80. The Morgan fingerprint density at radius 1 is 1.00 bits per heavy atom. The third-order valence-electron chi connectivity index (χ3n) is 5.01. The fourth-order valence-corrected chi connectivity index (χ4v) is 3.32. The topological polar surface area (TPSA) is 132 Å². The van der Waals surface area contributed by atoms with E-state index in [-0.39, 0.29) is 41.3 Å². The van der Waals surface area contributed by atoms with Crippen LogP contribution in [0.15, 0.2) is 72.8 Å². The second-order valence-electron chi connectivity index (χ2n) is 7.60. The van der Waals surface area contributed by atoms with E-state index in [1.165, 1.54) is 19.2 Å². The molecule has 0 atom stereocenters. The van der Waals surface area contributed by atoms with Gasteiger partial charge in [-0.2, -0.15) is 15.2 Å². The second kappa shape index (κ2) is 10.8. The largest absolute Gasteiger partial charge is 0.493 e. The first-order valence-electron chi connectivity index (χ1n) is 10.8. The van der Waals surface area contributed by atoms with Crippen molar-refractivity contribution in [3.8, 4) is 35.2 Å². The van der Waals surface area contributed by atoms with E-state index in [0.717, 1.165) is 11.1 Å². The molecule has 1 N–H and O–H groups in total. The van der Waals surface area contributed by atoms with Crippen molar-refractivity contribution in [1.29, 1.82) is 5.26 Å². The van der Waals surface area contributed by atoms with Gasteiger partial charge in [-0.3, -0.25) is 10.1 Å². The van der Waals surface area contributed by atoms with Crippen LogP contribution in [0.2, 0.25) is 0 Å². The Hall–Kier alpha value is -5.17. The standard InChI is InChI=1S/C26H21N5O5/c1-17-7-6-10-20(13-17)35-26-29-24(28-16-18-8-4-3-5-9-18)23(31(32)33)25(30-26)36-22-14-19(15-27)11-12-21(22)34-2/h3-14H,16H2,1-2H3,(H,28,29,30). The zero-order valence-electron chi connectivity index (χ0n) is 19.5. The number of hydrogen-bond acceptors (Lipinski definition) is 9. The van der Waals surface area contributed by atoms with Gasteiger partial charge in [0.1, 0.15) is 5.75 Å². The molecular weight excluding hydrogens is 462 g/mol. The van der Waals surface area contributed by atoms with Crippen molar-refractivity contribution < 1.29 is 19.1 Å². The van der Waals surface area contributed by atoms with E-state index >= 15 is 0 Å². The molecule has 0 bridgehead atoms. The molecule has 10 nitrogen and oxygen atoms in total. The summed E-state index contributed by atoms with van der Waals surface area (Å²) in [6.07, 6.45) is 0. The molecule has 36 heavy (non-hydrogen) atoms. The third-order valence-corrected chi connectivity index (χ3v) is 5.01. The molecule has 1 heterocycles. The van der Waals surface area contributed by atoms with Gasteiger partial charge in [-0.25, -0.2) is 0 Å². The van der Waals surface area contributed by atoms with E-state index in [9.17, 15) is 15.4 Å². The normalized spacial score (nSPS) is 10.2. The Labute approximate surface area is 206 Å². The van der Waals surface area contributed by atoms with E-state index in [1.807, 2.05) is 49.4 Å². The predicted molar refractivity (Wildman–Crippen MR) is 131 cm³/mol. The van der Waals surface area contributed by atoms with Crippen molar-refractivity contribution in [2.45, 2.75) is 13.5 Å². The van der Waals surface area contributed by atoms with Crippen LogP contribution in [0.1, 0.15) is 16.7 Å². The van der Waals surface area contributed by atoms with Crippen molar-refractivity contribution >= 4 is 11.5 Å². The van der Waals surface area contributed by atoms with E-state index < -0.39 is 10.6 Å². The van der Waals surface area contributed by atoms with Crippen LogP contribution < -0.4 is 19.5 Å². The van der Waals surface area contributed by atoms with Gasteiger partial charge >= 0.3 is 17.6 Å². The molecule has 1 aromatic heterocycles. The number of nitriles is 1. The summed E-state index contributed by atoms with van der Waals surface area (Å²) in [6.45, 7) is 2.16. The summed E-state index contributed by atoms with van der Waals surface area (Å²) in [5.41, 5.74) is 1.62. The molecule has 10 heteroatoms. The maximum atomic E-state index is 12.1. The third kappa shape index (κ3) is 5.66. The lowest BCUT2D eigenvalue weighted by molar-refractivity contribution is -0.385. The van der Waals surface area contributed by atoms with Crippen molar-refractivity contribution in [3.05, 3.63) is 99.6 Å². The molecule has 0 unspecified atom stereocenters. The van der Waals surface area contributed by atoms with Crippen LogP contribution in [0, 0.1) is 28.4 Å². The average Bonchev–Trinajstić information content (AvgIpc) is 2.87. The van der Waals surface area contributed by atoms with Crippen molar-refractivity contribution in [3.63, 3.8) is 0 Å². The molecule has 0 radical (unpaired) electrons. The van der Waals surface area contributed by atoms with Crippen LogP contribution in [0.3, 0.4) is 0 Å². The maximum absolute atomic E-state index is 12.1. The number of rotatable bonds is 9. The van der Waals surface area contributed by atoms with Crippen molar-refractivity contribution in [1.82, 2.24) is 9.97 Å². The highest BCUT2D eigenvalue weighted by Crippen LogP contribution is 2.40. The lowest BCUT2D eigenvalue weighted by atomic mass is 10.2. The Bertz CT molecular complexity index is 1440. The van der Waals surface area contributed by atoms with Gasteiger partial charge in [0, 0.05) is 12.6 Å². The molecule has 0 saturated carbocycles. The van der Waals surface area contributed by atoms with E-state index in [0.29, 0.717) is 5.75 Å². The zero-order chi connectivity index (χ0) is 25.5. The number of methoxy groups -OCH3 is 1. The molecule has 0 aliphatic carbocycles. The fourth-order valence-electron chi connectivity index (χ4n) is 3.32. The minimum absolute atomic E-state index is 0.0777. The van der Waals surface area contributed by atoms with Gasteiger partial charge in [-0.15, -0.1) is 0 Å². The Kier molecular flexibility index (Phi) is 7.22. The van der Waals surface area contributed by atoms with Crippen LogP contribution in [-0.2, 0) is 6.54 Å². The number of nitrogens with zero attached hydrogens (tertiary/aromatic N) is 4. The molecule has 0 fully saturated rings. The number of benzene rings is 3. The molecule has 0 spiro atoms. The minimum Gasteiger partial charge on any atom is -0.493 e. The molecule has 4 aromatic rings. The summed E-state index contributed by atoms with van der Waals surface area (Å²) < 4.78 is 17.0. The maximum Gasteiger partial charge on any atom is 0.373 e. The van der Waals surface area contributed by atoms with Crippen molar-refractivity contribution in [2.24, 2.45) is 0 Å². The van der Waals surface area contributed by atoms with E-state index in [4.69, 9.17) is 14.2 Å². The van der Waals surface area contributed by atoms with Crippen molar-refractivity contribution in [2.75, 3.05) is 12.4 Å². The van der Waals surface area contributed by atoms with Crippen LogP contribution in [-0.4, -0.2) is 22.0 Å². The number of aryl methyl sites for hydroxylation is 1. The number of hydrogen-bond donors (Lipinski definition) is 1. The highest BCUT2D eigenvalue weighted by Gasteiger charge is 2.29. The van der Waals surface area contributed by atoms with Crippen LogP contribution >= 0.6 is 0 Å². The number of nitro groups is 1. The summed E-state index contributed by atoms with van der Waals surface area (Å²) >= 11 is 0. The first-order chi connectivity index (χ1) is 17.5. The minimum atomic E-state index is -0.639. The monoisotopic (exact) mass is 483 g/mol. The molecule has 180 valence electrons. The molecule has 0 aliphatic rings.